The molecule has 0 atom stereocenters. The minimum atomic E-state index is 0.383. The highest BCUT2D eigenvalue weighted by molar-refractivity contribution is 6.33. The van der Waals surface area contributed by atoms with Crippen LogP contribution in [-0.2, 0) is 0 Å². The number of rotatable bonds is 4. The number of para-hydroxylation sites is 2. The van der Waals surface area contributed by atoms with Crippen molar-refractivity contribution in [1.82, 2.24) is 19.1 Å². The van der Waals surface area contributed by atoms with Crippen molar-refractivity contribution in [3.8, 4) is 39.7 Å². The molecule has 0 N–H and O–H groups in total. The fourth-order valence-electron chi connectivity index (χ4n) is 10.0. The van der Waals surface area contributed by atoms with Crippen molar-refractivity contribution in [3.63, 3.8) is 0 Å². The van der Waals surface area contributed by atoms with E-state index in [1.165, 1.54) is 0 Å². The molecule has 0 radical (unpaired) electrons. The molecule has 0 aliphatic carbocycles. The molecule has 0 saturated heterocycles. The van der Waals surface area contributed by atoms with Crippen LogP contribution in [0.5, 0.6) is 0 Å². The summed E-state index contributed by atoms with van der Waals surface area (Å²) >= 11 is 0. The summed E-state index contributed by atoms with van der Waals surface area (Å²) in [4.78, 5) is 14.2. The standard InChI is InChI=1S/C54H28N6O/c1-56-52-46(31-14-4-2-5-15-31)39(30-55)53(59-40-22-10-8-18-33(40)37-28-38-34-19-9-11-25-44(34)61-45(38)29-43(37)59)47(32-16-6-3-7-17-32)54(52)60-41-23-12-20-35-48(41)49-36(21-13-24-42(49)60)51-50(35)57-26-27-58-51/h2-29H. The van der Waals surface area contributed by atoms with E-state index in [9.17, 15) is 5.26 Å². The first kappa shape index (κ1) is 33.2. The summed E-state index contributed by atoms with van der Waals surface area (Å²) in [5.74, 6) is 0. The van der Waals surface area contributed by atoms with Gasteiger partial charge in [-0.05, 0) is 41.5 Å². The Bertz CT molecular complexity index is 3980. The fraction of sp³-hybridized carbons (Fsp3) is 0. The van der Waals surface area contributed by atoms with Crippen LogP contribution in [0.2, 0.25) is 0 Å². The molecule has 13 aromatic rings. The van der Waals surface area contributed by atoms with E-state index in [0.717, 1.165) is 104 Å². The zero-order chi connectivity index (χ0) is 40.3. The number of nitrogens with zero attached hydrogens (tertiary/aromatic N) is 6. The quantitative estimate of drug-likeness (QED) is 0.132. The fourth-order valence-corrected chi connectivity index (χ4v) is 10.0. The van der Waals surface area contributed by atoms with E-state index >= 15 is 0 Å². The Labute approximate surface area is 347 Å². The summed E-state index contributed by atoms with van der Waals surface area (Å²) in [5.41, 5.74) is 12.0. The molecule has 7 nitrogen and oxygen atoms in total. The third-order valence-electron chi connectivity index (χ3n) is 12.4. The van der Waals surface area contributed by atoms with E-state index in [4.69, 9.17) is 21.0 Å². The second kappa shape index (κ2) is 12.4. The minimum Gasteiger partial charge on any atom is -0.456 e. The Kier molecular flexibility index (Phi) is 6.73. The topological polar surface area (TPSA) is 76.9 Å². The van der Waals surface area contributed by atoms with Gasteiger partial charge in [-0.2, -0.15) is 5.26 Å². The zero-order valence-electron chi connectivity index (χ0n) is 32.3. The van der Waals surface area contributed by atoms with Gasteiger partial charge in [-0.3, -0.25) is 9.97 Å². The lowest BCUT2D eigenvalue weighted by Crippen LogP contribution is -2.08. The maximum atomic E-state index is 11.7. The summed E-state index contributed by atoms with van der Waals surface area (Å²) in [6.45, 7) is 9.14. The lowest BCUT2D eigenvalue weighted by atomic mass is 9.88. The van der Waals surface area contributed by atoms with Gasteiger partial charge in [-0.25, -0.2) is 4.85 Å². The molecular formula is C54H28N6O. The van der Waals surface area contributed by atoms with Gasteiger partial charge in [0, 0.05) is 72.7 Å². The molecule has 0 unspecified atom stereocenters. The normalized spacial score (nSPS) is 11.9. The molecule has 9 aromatic carbocycles. The van der Waals surface area contributed by atoms with Gasteiger partial charge in [0.25, 0.3) is 0 Å². The molecule has 0 aliphatic heterocycles. The van der Waals surface area contributed by atoms with Gasteiger partial charge in [-0.15, -0.1) is 0 Å². The van der Waals surface area contributed by atoms with E-state index in [1.54, 1.807) is 12.4 Å². The Morgan fingerprint density at radius 2 is 1.05 bits per heavy atom. The maximum absolute atomic E-state index is 11.7. The number of hydrogen-bond donors (Lipinski definition) is 0. The zero-order valence-corrected chi connectivity index (χ0v) is 32.3. The van der Waals surface area contributed by atoms with Crippen molar-refractivity contribution in [2.45, 2.75) is 0 Å². The van der Waals surface area contributed by atoms with Crippen LogP contribution < -0.4 is 0 Å². The largest absolute Gasteiger partial charge is 0.456 e. The number of hydrogen-bond acceptors (Lipinski definition) is 4. The lowest BCUT2D eigenvalue weighted by molar-refractivity contribution is 0.669. The minimum absolute atomic E-state index is 0.383. The molecule has 61 heavy (non-hydrogen) atoms. The van der Waals surface area contributed by atoms with Crippen LogP contribution in [0, 0.1) is 17.9 Å². The molecular weight excluding hydrogens is 749 g/mol. The number of nitriles is 1. The molecule has 7 heteroatoms. The van der Waals surface area contributed by atoms with Gasteiger partial charge in [-0.1, -0.05) is 121 Å². The first-order valence-corrected chi connectivity index (χ1v) is 20.1. The highest BCUT2D eigenvalue weighted by atomic mass is 16.3. The third kappa shape index (κ3) is 4.38. The molecule has 0 spiro atoms. The third-order valence-corrected chi connectivity index (χ3v) is 12.4. The SMILES string of the molecule is [C-]#[N+]c1c(-c2ccccc2)c(C#N)c(-n2c3ccccc3c3cc4c(cc32)oc2ccccc24)c(-c2ccccc2)c1-n1c2cccc3c4nccnc4c4cccc1c4c32. The summed E-state index contributed by atoms with van der Waals surface area (Å²) < 4.78 is 11.0. The van der Waals surface area contributed by atoms with Crippen LogP contribution in [0.25, 0.3) is 126 Å². The maximum Gasteiger partial charge on any atom is 0.220 e. The van der Waals surface area contributed by atoms with Crippen molar-refractivity contribution in [2.75, 3.05) is 0 Å². The van der Waals surface area contributed by atoms with Gasteiger partial charge in [0.2, 0.25) is 5.69 Å². The monoisotopic (exact) mass is 776 g/mol. The molecule has 4 aromatic heterocycles. The van der Waals surface area contributed by atoms with Crippen LogP contribution in [0.15, 0.2) is 175 Å². The molecule has 4 heterocycles. The Morgan fingerprint density at radius 1 is 0.492 bits per heavy atom. The lowest BCUT2D eigenvalue weighted by Gasteiger charge is -2.25. The highest BCUT2D eigenvalue weighted by Gasteiger charge is 2.32. The van der Waals surface area contributed by atoms with Gasteiger partial charge >= 0.3 is 0 Å². The highest BCUT2D eigenvalue weighted by Crippen LogP contribution is 2.53. The van der Waals surface area contributed by atoms with Crippen molar-refractivity contribution in [2.24, 2.45) is 0 Å². The average molecular weight is 777 g/mol. The van der Waals surface area contributed by atoms with Crippen LogP contribution in [0.3, 0.4) is 0 Å². The van der Waals surface area contributed by atoms with Crippen molar-refractivity contribution < 1.29 is 4.42 Å². The molecule has 13 rings (SSSR count). The Morgan fingerprint density at radius 3 is 1.70 bits per heavy atom. The van der Waals surface area contributed by atoms with Gasteiger partial charge < -0.3 is 13.6 Å². The first-order valence-electron chi connectivity index (χ1n) is 20.1. The Balaban J connectivity index is 1.31. The summed E-state index contributed by atoms with van der Waals surface area (Å²) in [6, 6.07) is 56.2. The van der Waals surface area contributed by atoms with E-state index in [0.29, 0.717) is 28.2 Å². The summed E-state index contributed by atoms with van der Waals surface area (Å²) in [7, 11) is 0. The van der Waals surface area contributed by atoms with Gasteiger partial charge in [0.15, 0.2) is 0 Å². The second-order valence-corrected chi connectivity index (χ2v) is 15.4. The average Bonchev–Trinajstić information content (AvgIpc) is 3.97. The van der Waals surface area contributed by atoms with Crippen molar-refractivity contribution in [1.29, 1.82) is 5.26 Å². The van der Waals surface area contributed by atoms with Crippen molar-refractivity contribution >= 4 is 93.0 Å². The number of furan rings is 1. The molecule has 0 bridgehead atoms. The molecule has 280 valence electrons. The van der Waals surface area contributed by atoms with Crippen LogP contribution in [0.4, 0.5) is 5.69 Å². The predicted octanol–water partition coefficient (Wildman–Crippen LogP) is 14.1. The predicted molar refractivity (Wildman–Crippen MR) is 246 cm³/mol. The molecule has 0 saturated carbocycles. The van der Waals surface area contributed by atoms with E-state index in [-0.39, 0.29) is 0 Å². The summed E-state index contributed by atoms with van der Waals surface area (Å²) in [6.07, 6.45) is 3.49. The van der Waals surface area contributed by atoms with Gasteiger partial charge in [0.1, 0.15) is 17.2 Å². The van der Waals surface area contributed by atoms with Crippen LogP contribution in [-0.4, -0.2) is 19.1 Å². The summed E-state index contributed by atoms with van der Waals surface area (Å²) in [5, 5.41) is 19.9. The second-order valence-electron chi connectivity index (χ2n) is 15.4. The molecule has 0 amide bonds. The number of aromatic nitrogens is 4. The first-order chi connectivity index (χ1) is 30.2. The van der Waals surface area contributed by atoms with E-state index < -0.39 is 0 Å². The van der Waals surface area contributed by atoms with Crippen LogP contribution >= 0.6 is 0 Å². The number of fused-ring (bicyclic) bond motifs is 9. The van der Waals surface area contributed by atoms with Crippen molar-refractivity contribution in [3.05, 3.63) is 187 Å². The molecule has 0 aliphatic rings. The van der Waals surface area contributed by atoms with Gasteiger partial charge in [0.05, 0.1) is 56.6 Å². The smallest absolute Gasteiger partial charge is 0.220 e. The van der Waals surface area contributed by atoms with E-state index in [1.807, 2.05) is 72.8 Å². The molecule has 0 fully saturated rings. The van der Waals surface area contributed by atoms with Crippen LogP contribution in [0.1, 0.15) is 5.56 Å². The number of benzene rings is 9. The Hall–Kier alpha value is -8.78. The van der Waals surface area contributed by atoms with E-state index in [2.05, 4.69) is 105 Å².